The van der Waals surface area contributed by atoms with Gasteiger partial charge in [0, 0.05) is 37.5 Å². The lowest BCUT2D eigenvalue weighted by molar-refractivity contribution is 0.102. The van der Waals surface area contributed by atoms with E-state index in [1.807, 2.05) is 0 Å². The number of carbonyl (C=O) groups is 2. The largest absolute Gasteiger partial charge is 0.497 e. The van der Waals surface area contributed by atoms with Crippen LogP contribution in [0, 0.1) is 5.41 Å². The molecule has 0 bridgehead atoms. The van der Waals surface area contributed by atoms with Crippen molar-refractivity contribution in [3.8, 4) is 5.75 Å². The summed E-state index contributed by atoms with van der Waals surface area (Å²) in [5, 5.41) is 13.9. The maximum Gasteiger partial charge on any atom is 0.258 e. The molecule has 2 aromatic carbocycles. The van der Waals surface area contributed by atoms with Gasteiger partial charge in [-0.05, 0) is 36.4 Å². The standard InChI is InChI=1S/C23H22ClN5O3/c1-29(2)21(25)14-4-6-15(7-5-14)22(30)27-19-12-17(32-3)9-10-18(19)23(31)28-20-11-8-16(24)13-26-20/h4-13,25H,1-3H3,(H,27,30)(H,26,28,31). The summed E-state index contributed by atoms with van der Waals surface area (Å²) >= 11 is 5.83. The summed E-state index contributed by atoms with van der Waals surface area (Å²) in [7, 11) is 5.05. The number of hydrogen-bond donors (Lipinski definition) is 3. The molecular formula is C23H22ClN5O3. The third kappa shape index (κ3) is 5.41. The van der Waals surface area contributed by atoms with Gasteiger partial charge >= 0.3 is 0 Å². The van der Waals surface area contributed by atoms with Gasteiger partial charge in [0.1, 0.15) is 17.4 Å². The number of pyridine rings is 1. The van der Waals surface area contributed by atoms with E-state index in [1.54, 1.807) is 73.6 Å². The van der Waals surface area contributed by atoms with Crippen LogP contribution in [0.2, 0.25) is 5.02 Å². The average molecular weight is 452 g/mol. The molecule has 3 rings (SSSR count). The topological polar surface area (TPSA) is 107 Å². The van der Waals surface area contributed by atoms with E-state index >= 15 is 0 Å². The number of methoxy groups -OCH3 is 1. The molecule has 0 fully saturated rings. The highest BCUT2D eigenvalue weighted by Gasteiger charge is 2.17. The van der Waals surface area contributed by atoms with Gasteiger partial charge in [-0.25, -0.2) is 4.98 Å². The molecule has 8 nitrogen and oxygen atoms in total. The second kappa shape index (κ2) is 9.93. The molecular weight excluding hydrogens is 430 g/mol. The lowest BCUT2D eigenvalue weighted by Crippen LogP contribution is -2.22. The summed E-state index contributed by atoms with van der Waals surface area (Å²) in [5.74, 6) is 0.287. The van der Waals surface area contributed by atoms with Gasteiger partial charge in [0.25, 0.3) is 11.8 Å². The number of anilines is 2. The Balaban J connectivity index is 1.83. The number of aromatic nitrogens is 1. The van der Waals surface area contributed by atoms with Crippen molar-refractivity contribution >= 4 is 40.8 Å². The van der Waals surface area contributed by atoms with E-state index in [0.717, 1.165) is 0 Å². The molecule has 0 spiro atoms. The minimum absolute atomic E-state index is 0.238. The highest BCUT2D eigenvalue weighted by molar-refractivity contribution is 6.30. The Morgan fingerprint density at radius 1 is 0.969 bits per heavy atom. The highest BCUT2D eigenvalue weighted by atomic mass is 35.5. The van der Waals surface area contributed by atoms with Gasteiger partial charge in [-0.2, -0.15) is 0 Å². The Morgan fingerprint density at radius 3 is 2.25 bits per heavy atom. The van der Waals surface area contributed by atoms with Crippen LogP contribution in [0.3, 0.4) is 0 Å². The van der Waals surface area contributed by atoms with Crippen LogP contribution in [0.5, 0.6) is 5.75 Å². The lowest BCUT2D eigenvalue weighted by Gasteiger charge is -2.15. The number of ether oxygens (including phenoxy) is 1. The molecule has 0 atom stereocenters. The fourth-order valence-electron chi connectivity index (χ4n) is 2.82. The highest BCUT2D eigenvalue weighted by Crippen LogP contribution is 2.24. The SMILES string of the molecule is COc1ccc(C(=O)Nc2ccc(Cl)cn2)c(NC(=O)c2ccc(C(=N)N(C)C)cc2)c1. The molecule has 1 heterocycles. The van der Waals surface area contributed by atoms with E-state index in [2.05, 4.69) is 15.6 Å². The van der Waals surface area contributed by atoms with Crippen molar-refractivity contribution in [3.05, 3.63) is 82.5 Å². The molecule has 0 radical (unpaired) electrons. The normalized spacial score (nSPS) is 10.2. The Kier molecular flexibility index (Phi) is 7.07. The molecule has 164 valence electrons. The average Bonchev–Trinajstić information content (AvgIpc) is 2.79. The number of rotatable bonds is 6. The van der Waals surface area contributed by atoms with E-state index in [-0.39, 0.29) is 11.3 Å². The van der Waals surface area contributed by atoms with Crippen LogP contribution in [-0.2, 0) is 0 Å². The molecule has 0 aliphatic rings. The van der Waals surface area contributed by atoms with E-state index in [9.17, 15) is 9.59 Å². The van der Waals surface area contributed by atoms with Crippen LogP contribution < -0.4 is 15.4 Å². The fourth-order valence-corrected chi connectivity index (χ4v) is 2.93. The number of hydrogen-bond acceptors (Lipinski definition) is 5. The minimum atomic E-state index is -0.451. The van der Waals surface area contributed by atoms with Gasteiger partial charge in [0.15, 0.2) is 0 Å². The van der Waals surface area contributed by atoms with Gasteiger partial charge in [0.05, 0.1) is 23.4 Å². The third-order valence-corrected chi connectivity index (χ3v) is 4.78. The molecule has 3 aromatic rings. The maximum absolute atomic E-state index is 12.8. The van der Waals surface area contributed by atoms with Crippen molar-refractivity contribution in [3.63, 3.8) is 0 Å². The smallest absolute Gasteiger partial charge is 0.258 e. The number of amides is 2. The van der Waals surface area contributed by atoms with Crippen molar-refractivity contribution in [2.24, 2.45) is 0 Å². The summed E-state index contributed by atoms with van der Waals surface area (Å²) in [6, 6.07) is 14.6. The molecule has 3 N–H and O–H groups in total. The van der Waals surface area contributed by atoms with Crippen molar-refractivity contribution in [2.45, 2.75) is 0 Å². The molecule has 9 heteroatoms. The van der Waals surface area contributed by atoms with E-state index < -0.39 is 11.8 Å². The maximum atomic E-state index is 12.8. The number of nitrogens with one attached hydrogen (secondary N) is 3. The Bertz CT molecular complexity index is 1150. The Labute approximate surface area is 190 Å². The van der Waals surface area contributed by atoms with Crippen LogP contribution in [0.15, 0.2) is 60.8 Å². The molecule has 0 aliphatic heterocycles. The van der Waals surface area contributed by atoms with Crippen LogP contribution in [0.1, 0.15) is 26.3 Å². The summed E-state index contributed by atoms with van der Waals surface area (Å²) < 4.78 is 5.23. The molecule has 0 unspecified atom stereocenters. The quantitative estimate of drug-likeness (QED) is 0.385. The van der Waals surface area contributed by atoms with Gasteiger partial charge in [-0.1, -0.05) is 23.7 Å². The van der Waals surface area contributed by atoms with Crippen LogP contribution in [0.25, 0.3) is 0 Å². The lowest BCUT2D eigenvalue weighted by atomic mass is 10.1. The fraction of sp³-hybridized carbons (Fsp3) is 0.130. The van der Waals surface area contributed by atoms with Gasteiger partial charge in [0.2, 0.25) is 0 Å². The van der Waals surface area contributed by atoms with E-state index in [4.69, 9.17) is 21.7 Å². The van der Waals surface area contributed by atoms with Crippen LogP contribution >= 0.6 is 11.6 Å². The van der Waals surface area contributed by atoms with E-state index in [0.29, 0.717) is 33.6 Å². The minimum Gasteiger partial charge on any atom is -0.497 e. The van der Waals surface area contributed by atoms with Crippen LogP contribution in [-0.4, -0.2) is 48.7 Å². The monoisotopic (exact) mass is 451 g/mol. The second-order valence-electron chi connectivity index (χ2n) is 7.00. The molecule has 0 saturated carbocycles. The molecule has 1 aromatic heterocycles. The van der Waals surface area contributed by atoms with Crippen molar-refractivity contribution in [2.75, 3.05) is 31.8 Å². The summed E-state index contributed by atoms with van der Waals surface area (Å²) in [4.78, 5) is 31.4. The zero-order valence-corrected chi connectivity index (χ0v) is 18.5. The van der Waals surface area contributed by atoms with Crippen molar-refractivity contribution < 1.29 is 14.3 Å². The van der Waals surface area contributed by atoms with Crippen molar-refractivity contribution in [1.82, 2.24) is 9.88 Å². The number of carbonyl (C=O) groups excluding carboxylic acids is 2. The molecule has 2 amide bonds. The first-order chi connectivity index (χ1) is 15.3. The summed E-state index contributed by atoms with van der Waals surface area (Å²) in [6.45, 7) is 0. The predicted octanol–water partition coefficient (Wildman–Crippen LogP) is 4.14. The Hall–Kier alpha value is -3.91. The first-order valence-electron chi connectivity index (χ1n) is 9.57. The van der Waals surface area contributed by atoms with Gasteiger partial charge < -0.3 is 20.3 Å². The first-order valence-corrected chi connectivity index (χ1v) is 9.95. The molecule has 32 heavy (non-hydrogen) atoms. The first kappa shape index (κ1) is 22.8. The number of halogens is 1. The zero-order valence-electron chi connectivity index (χ0n) is 17.8. The zero-order chi connectivity index (χ0) is 23.3. The van der Waals surface area contributed by atoms with Crippen LogP contribution in [0.4, 0.5) is 11.5 Å². The number of amidine groups is 1. The van der Waals surface area contributed by atoms with Gasteiger partial charge in [-0.3, -0.25) is 15.0 Å². The summed E-state index contributed by atoms with van der Waals surface area (Å²) in [6.07, 6.45) is 1.42. The van der Waals surface area contributed by atoms with Crippen molar-refractivity contribution in [1.29, 1.82) is 5.41 Å². The molecule has 0 aliphatic carbocycles. The number of benzene rings is 2. The summed E-state index contributed by atoms with van der Waals surface area (Å²) in [5.41, 5.74) is 1.59. The number of nitrogens with zero attached hydrogens (tertiary/aromatic N) is 2. The van der Waals surface area contributed by atoms with Gasteiger partial charge in [-0.15, -0.1) is 0 Å². The Morgan fingerprint density at radius 2 is 1.66 bits per heavy atom. The second-order valence-corrected chi connectivity index (χ2v) is 7.44. The van der Waals surface area contributed by atoms with E-state index in [1.165, 1.54) is 13.3 Å². The molecule has 0 saturated heterocycles. The predicted molar refractivity (Wildman–Crippen MR) is 125 cm³/mol. The third-order valence-electron chi connectivity index (χ3n) is 4.56.